The molecule has 0 aliphatic carbocycles. The lowest BCUT2D eigenvalue weighted by Crippen LogP contribution is -2.51. The van der Waals surface area contributed by atoms with Crippen LogP contribution in [0.2, 0.25) is 19.6 Å². The topological polar surface area (TPSA) is 38.8 Å². The van der Waals surface area contributed by atoms with E-state index >= 15 is 0 Å². The van der Waals surface area contributed by atoms with Gasteiger partial charge in [0.1, 0.15) is 11.8 Å². The zero-order chi connectivity index (χ0) is 19.3. The van der Waals surface area contributed by atoms with Crippen molar-refractivity contribution in [3.05, 3.63) is 0 Å². The van der Waals surface area contributed by atoms with Crippen LogP contribution in [0.25, 0.3) is 0 Å². The van der Waals surface area contributed by atoms with Crippen LogP contribution in [0, 0.1) is 11.8 Å². The van der Waals surface area contributed by atoms with Gasteiger partial charge < -0.3 is 9.16 Å². The average molecular weight is 372 g/mol. The van der Waals surface area contributed by atoms with Gasteiger partial charge in [-0.25, -0.2) is 4.79 Å². The van der Waals surface area contributed by atoms with E-state index in [1.165, 1.54) is 25.7 Å². The summed E-state index contributed by atoms with van der Waals surface area (Å²) in [6.07, 6.45) is 6.66. The molecule has 1 aliphatic heterocycles. The van der Waals surface area contributed by atoms with E-state index < -0.39 is 13.9 Å². The van der Waals surface area contributed by atoms with Gasteiger partial charge >= 0.3 is 6.09 Å². The molecule has 148 valence electrons. The van der Waals surface area contributed by atoms with Gasteiger partial charge in [-0.2, -0.15) is 0 Å². The number of carbonyl (C=O) groups is 1. The molecule has 0 N–H and O–H groups in total. The summed E-state index contributed by atoms with van der Waals surface area (Å²) < 4.78 is 12.2. The Morgan fingerprint density at radius 3 is 2.24 bits per heavy atom. The fourth-order valence-corrected chi connectivity index (χ4v) is 4.55. The predicted molar refractivity (Wildman–Crippen MR) is 107 cm³/mol. The van der Waals surface area contributed by atoms with Gasteiger partial charge in [0.25, 0.3) is 0 Å². The summed E-state index contributed by atoms with van der Waals surface area (Å²) >= 11 is 0. The number of rotatable bonds is 3. The molecule has 0 spiro atoms. The second kappa shape index (κ2) is 9.40. The van der Waals surface area contributed by atoms with Crippen molar-refractivity contribution in [2.75, 3.05) is 6.54 Å². The van der Waals surface area contributed by atoms with Gasteiger partial charge in [0.15, 0.2) is 8.32 Å². The molecule has 0 radical (unpaired) electrons. The van der Waals surface area contributed by atoms with Crippen LogP contribution in [-0.4, -0.2) is 37.7 Å². The minimum Gasteiger partial charge on any atom is -0.444 e. The van der Waals surface area contributed by atoms with Gasteiger partial charge in [0, 0.05) is 12.5 Å². The third-order valence-corrected chi connectivity index (χ3v) is 5.71. The molecule has 0 bridgehead atoms. The standard InChI is InChI=1S/C20H41NO3Si/c1-9-17-13-10-12-16(2)18(24-25(6,7)8)21(15-11-14-17)19(22)23-20(3,4)5/h16-18H,9-15H2,1-8H3/t16-,17+,18?/m1/s1. The lowest BCUT2D eigenvalue weighted by atomic mass is 9.90. The lowest BCUT2D eigenvalue weighted by Gasteiger charge is -2.40. The first kappa shape index (κ1) is 22.5. The fraction of sp³-hybridized carbons (Fsp3) is 0.950. The molecule has 3 atom stereocenters. The summed E-state index contributed by atoms with van der Waals surface area (Å²) in [6, 6.07) is 0. The van der Waals surface area contributed by atoms with E-state index in [1.807, 2.05) is 25.7 Å². The number of carbonyl (C=O) groups excluding carboxylic acids is 1. The molecular formula is C20H41NO3Si. The highest BCUT2D eigenvalue weighted by Gasteiger charge is 2.35. The van der Waals surface area contributed by atoms with Gasteiger partial charge in [0.05, 0.1) is 0 Å². The highest BCUT2D eigenvalue weighted by Crippen LogP contribution is 2.29. The van der Waals surface area contributed by atoms with Crippen molar-refractivity contribution in [1.29, 1.82) is 0 Å². The summed E-state index contributed by atoms with van der Waals surface area (Å²) in [5.41, 5.74) is -0.481. The second-order valence-electron chi connectivity index (χ2n) is 9.62. The van der Waals surface area contributed by atoms with Gasteiger partial charge in [-0.15, -0.1) is 0 Å². The van der Waals surface area contributed by atoms with E-state index in [9.17, 15) is 4.79 Å². The fourth-order valence-electron chi connectivity index (χ4n) is 3.47. The molecule has 0 aromatic carbocycles. The first-order valence-electron chi connectivity index (χ1n) is 10.1. The molecule has 1 unspecified atom stereocenters. The zero-order valence-electron chi connectivity index (χ0n) is 17.9. The highest BCUT2D eigenvalue weighted by atomic mass is 28.4. The molecule has 1 saturated heterocycles. The smallest absolute Gasteiger partial charge is 0.412 e. The Hall–Kier alpha value is -0.553. The Morgan fingerprint density at radius 2 is 1.72 bits per heavy atom. The van der Waals surface area contributed by atoms with E-state index in [1.54, 1.807) is 0 Å². The number of amides is 1. The molecule has 0 aromatic rings. The normalized spacial score (nSPS) is 27.0. The van der Waals surface area contributed by atoms with Gasteiger partial charge in [0.2, 0.25) is 0 Å². The van der Waals surface area contributed by atoms with Crippen molar-refractivity contribution in [2.45, 2.75) is 105 Å². The van der Waals surface area contributed by atoms with E-state index in [4.69, 9.17) is 9.16 Å². The molecule has 0 aromatic heterocycles. The number of hydrogen-bond donors (Lipinski definition) is 0. The Balaban J connectivity index is 3.02. The summed E-state index contributed by atoms with van der Waals surface area (Å²) in [7, 11) is -1.77. The van der Waals surface area contributed by atoms with Crippen molar-refractivity contribution in [3.63, 3.8) is 0 Å². The van der Waals surface area contributed by atoms with Gasteiger partial charge in [-0.1, -0.05) is 33.1 Å². The Morgan fingerprint density at radius 1 is 1.12 bits per heavy atom. The SMILES string of the molecule is CC[C@H]1CCC[C@@H](C)C(O[Si](C)(C)C)N(C(=O)OC(C)(C)C)CCC1. The van der Waals surface area contributed by atoms with Crippen LogP contribution in [-0.2, 0) is 9.16 Å². The molecule has 1 amide bonds. The van der Waals surface area contributed by atoms with Gasteiger partial charge in [-0.3, -0.25) is 4.90 Å². The maximum absolute atomic E-state index is 12.9. The maximum Gasteiger partial charge on any atom is 0.412 e. The molecule has 1 aliphatic rings. The molecular weight excluding hydrogens is 330 g/mol. The summed E-state index contributed by atoms with van der Waals surface area (Å²) in [5, 5.41) is 0. The monoisotopic (exact) mass is 371 g/mol. The Kier molecular flexibility index (Phi) is 8.46. The van der Waals surface area contributed by atoms with Crippen molar-refractivity contribution in [1.82, 2.24) is 4.90 Å². The number of hydrogen-bond acceptors (Lipinski definition) is 3. The maximum atomic E-state index is 12.9. The second-order valence-corrected chi connectivity index (χ2v) is 14.1. The van der Waals surface area contributed by atoms with Crippen molar-refractivity contribution in [2.24, 2.45) is 11.8 Å². The Labute approximate surface area is 156 Å². The van der Waals surface area contributed by atoms with Crippen molar-refractivity contribution < 1.29 is 14.0 Å². The largest absolute Gasteiger partial charge is 0.444 e. The van der Waals surface area contributed by atoms with Crippen molar-refractivity contribution >= 4 is 14.4 Å². The van der Waals surface area contributed by atoms with Crippen LogP contribution < -0.4 is 0 Å². The molecule has 4 nitrogen and oxygen atoms in total. The van der Waals surface area contributed by atoms with Crippen LogP contribution in [0.5, 0.6) is 0 Å². The average Bonchev–Trinajstić information content (AvgIpc) is 2.44. The zero-order valence-corrected chi connectivity index (χ0v) is 18.9. The predicted octanol–water partition coefficient (Wildman–Crippen LogP) is 6.03. The minimum absolute atomic E-state index is 0.167. The molecule has 5 heteroatoms. The van der Waals surface area contributed by atoms with Gasteiger partial charge in [-0.05, 0) is 65.6 Å². The number of ether oxygens (including phenoxy) is 1. The first-order chi connectivity index (χ1) is 11.4. The summed E-state index contributed by atoms with van der Waals surface area (Å²) in [6.45, 7) is 17.6. The van der Waals surface area contributed by atoms with Crippen LogP contribution in [0.3, 0.4) is 0 Å². The van der Waals surface area contributed by atoms with E-state index in [-0.39, 0.29) is 12.3 Å². The summed E-state index contributed by atoms with van der Waals surface area (Å²) in [4.78, 5) is 14.8. The molecule has 1 rings (SSSR count). The minimum atomic E-state index is -1.77. The third kappa shape index (κ3) is 8.58. The molecule has 1 fully saturated rings. The third-order valence-electron chi connectivity index (χ3n) is 4.76. The Bertz CT molecular complexity index is 414. The van der Waals surface area contributed by atoms with Crippen LogP contribution in [0.4, 0.5) is 4.79 Å². The lowest BCUT2D eigenvalue weighted by molar-refractivity contribution is -0.0466. The summed E-state index contributed by atoms with van der Waals surface area (Å²) in [5.74, 6) is 1.11. The van der Waals surface area contributed by atoms with Crippen LogP contribution >= 0.6 is 0 Å². The molecule has 0 saturated carbocycles. The van der Waals surface area contributed by atoms with E-state index in [0.717, 1.165) is 25.3 Å². The first-order valence-corrected chi connectivity index (χ1v) is 13.5. The molecule has 25 heavy (non-hydrogen) atoms. The van der Waals surface area contributed by atoms with E-state index in [0.29, 0.717) is 5.92 Å². The quantitative estimate of drug-likeness (QED) is 0.569. The van der Waals surface area contributed by atoms with E-state index in [2.05, 4.69) is 33.5 Å². The highest BCUT2D eigenvalue weighted by molar-refractivity contribution is 6.69. The number of nitrogens with zero attached hydrogens (tertiary/aromatic N) is 1. The van der Waals surface area contributed by atoms with Crippen LogP contribution in [0.1, 0.15) is 73.1 Å². The van der Waals surface area contributed by atoms with Crippen LogP contribution in [0.15, 0.2) is 0 Å². The molecule has 1 heterocycles. The van der Waals surface area contributed by atoms with Crippen molar-refractivity contribution in [3.8, 4) is 0 Å².